The molecule has 1 atom stereocenters. The number of Topliss-reactive ketones (excluding diaryl/α,β-unsaturated/α-hetero) is 1. The molecule has 1 aromatic heterocycles. The van der Waals surface area contributed by atoms with E-state index in [1.165, 1.54) is 0 Å². The second-order valence-electron chi connectivity index (χ2n) is 4.35. The van der Waals surface area contributed by atoms with Crippen LogP contribution in [0.3, 0.4) is 0 Å². The standard InChI is InChI=1S/C11H16BrN3O/c1-3-15-9(8(12)7-14-15)10(16)11(2)5-4-6-13-11/h7,13H,3-6H2,1-2H3. The summed E-state index contributed by atoms with van der Waals surface area (Å²) in [4.78, 5) is 12.5. The summed E-state index contributed by atoms with van der Waals surface area (Å²) in [5.41, 5.74) is 0.259. The zero-order valence-corrected chi connectivity index (χ0v) is 11.2. The van der Waals surface area contributed by atoms with Crippen LogP contribution in [0.15, 0.2) is 10.7 Å². The molecule has 1 saturated heterocycles. The lowest BCUT2D eigenvalue weighted by molar-refractivity contribution is 0.0872. The fourth-order valence-corrected chi connectivity index (χ4v) is 2.65. The number of aryl methyl sites for hydroxylation is 1. The number of rotatable bonds is 3. The smallest absolute Gasteiger partial charge is 0.201 e. The molecule has 0 radical (unpaired) electrons. The third-order valence-electron chi connectivity index (χ3n) is 3.18. The number of hydrogen-bond acceptors (Lipinski definition) is 3. The van der Waals surface area contributed by atoms with Crippen LogP contribution < -0.4 is 5.32 Å². The van der Waals surface area contributed by atoms with Crippen molar-refractivity contribution in [2.45, 2.75) is 38.8 Å². The fourth-order valence-electron chi connectivity index (χ4n) is 2.18. The van der Waals surface area contributed by atoms with E-state index in [4.69, 9.17) is 0 Å². The first-order valence-corrected chi connectivity index (χ1v) is 6.39. The van der Waals surface area contributed by atoms with Crippen LogP contribution >= 0.6 is 15.9 Å². The van der Waals surface area contributed by atoms with Gasteiger partial charge in [0.15, 0.2) is 0 Å². The van der Waals surface area contributed by atoms with E-state index in [1.807, 2.05) is 13.8 Å². The Morgan fingerprint density at radius 1 is 1.75 bits per heavy atom. The monoisotopic (exact) mass is 285 g/mol. The number of nitrogens with zero attached hydrogens (tertiary/aromatic N) is 2. The Morgan fingerprint density at radius 3 is 3.06 bits per heavy atom. The van der Waals surface area contributed by atoms with Gasteiger partial charge < -0.3 is 5.32 Å². The number of nitrogens with one attached hydrogen (secondary N) is 1. The maximum atomic E-state index is 12.5. The first-order chi connectivity index (χ1) is 7.58. The van der Waals surface area contributed by atoms with Gasteiger partial charge in [-0.15, -0.1) is 0 Å². The minimum absolute atomic E-state index is 0.135. The third kappa shape index (κ3) is 1.82. The average molecular weight is 286 g/mol. The molecule has 0 bridgehead atoms. The Bertz CT molecular complexity index is 407. The topological polar surface area (TPSA) is 46.9 Å². The van der Waals surface area contributed by atoms with Gasteiger partial charge in [-0.3, -0.25) is 9.48 Å². The maximum absolute atomic E-state index is 12.5. The highest BCUT2D eigenvalue weighted by Gasteiger charge is 2.38. The highest BCUT2D eigenvalue weighted by Crippen LogP contribution is 2.27. The minimum Gasteiger partial charge on any atom is -0.305 e. The van der Waals surface area contributed by atoms with Crippen molar-refractivity contribution in [1.82, 2.24) is 15.1 Å². The van der Waals surface area contributed by atoms with Crippen molar-refractivity contribution in [3.63, 3.8) is 0 Å². The quantitative estimate of drug-likeness (QED) is 0.864. The fraction of sp³-hybridized carbons (Fsp3) is 0.636. The number of hydrogen-bond donors (Lipinski definition) is 1. The largest absolute Gasteiger partial charge is 0.305 e. The molecule has 0 spiro atoms. The molecule has 1 fully saturated rings. The Kier molecular flexibility index (Phi) is 3.17. The Morgan fingerprint density at radius 2 is 2.50 bits per heavy atom. The molecule has 0 amide bonds. The summed E-state index contributed by atoms with van der Waals surface area (Å²) in [7, 11) is 0. The molecule has 1 N–H and O–H groups in total. The lowest BCUT2D eigenvalue weighted by atomic mass is 9.92. The molecule has 4 nitrogen and oxygen atoms in total. The van der Waals surface area contributed by atoms with Crippen molar-refractivity contribution in [3.05, 3.63) is 16.4 Å². The SMILES string of the molecule is CCn1ncc(Br)c1C(=O)C1(C)CCCN1. The van der Waals surface area contributed by atoms with Crippen molar-refractivity contribution in [2.75, 3.05) is 6.54 Å². The molecule has 2 rings (SSSR count). The van der Waals surface area contributed by atoms with E-state index in [0.29, 0.717) is 12.2 Å². The zero-order chi connectivity index (χ0) is 11.8. The summed E-state index contributed by atoms with van der Waals surface area (Å²) < 4.78 is 2.53. The van der Waals surface area contributed by atoms with Gasteiger partial charge in [0.05, 0.1) is 16.2 Å². The molecule has 1 aliphatic rings. The number of carbonyl (C=O) groups excluding carboxylic acids is 1. The van der Waals surface area contributed by atoms with Gasteiger partial charge in [0, 0.05) is 6.54 Å². The first kappa shape index (κ1) is 11.8. The van der Waals surface area contributed by atoms with E-state index in [2.05, 4.69) is 26.3 Å². The first-order valence-electron chi connectivity index (χ1n) is 5.59. The summed E-state index contributed by atoms with van der Waals surface area (Å²) in [6, 6.07) is 0. The molecule has 0 aromatic carbocycles. The third-order valence-corrected chi connectivity index (χ3v) is 3.76. The zero-order valence-electron chi connectivity index (χ0n) is 9.59. The summed E-state index contributed by atoms with van der Waals surface area (Å²) in [6.07, 6.45) is 3.64. The molecule has 5 heteroatoms. The number of aromatic nitrogens is 2. The normalized spacial score (nSPS) is 24.9. The predicted octanol–water partition coefficient (Wildman–Crippen LogP) is 1.99. The summed E-state index contributed by atoms with van der Waals surface area (Å²) in [6.45, 7) is 5.59. The van der Waals surface area contributed by atoms with E-state index >= 15 is 0 Å². The van der Waals surface area contributed by atoms with Crippen LogP contribution in [0.4, 0.5) is 0 Å². The Labute approximate surface area is 104 Å². The molecule has 0 saturated carbocycles. The highest BCUT2D eigenvalue weighted by molar-refractivity contribution is 9.10. The summed E-state index contributed by atoms with van der Waals surface area (Å²) in [5.74, 6) is 0.135. The van der Waals surface area contributed by atoms with Crippen LogP contribution in [0.25, 0.3) is 0 Å². The molecule has 16 heavy (non-hydrogen) atoms. The van der Waals surface area contributed by atoms with Crippen LogP contribution in [0.5, 0.6) is 0 Å². The summed E-state index contributed by atoms with van der Waals surface area (Å²) >= 11 is 3.40. The second-order valence-corrected chi connectivity index (χ2v) is 5.20. The van der Waals surface area contributed by atoms with E-state index < -0.39 is 5.54 Å². The van der Waals surface area contributed by atoms with Gasteiger partial charge in [-0.2, -0.15) is 5.10 Å². The van der Waals surface area contributed by atoms with Crippen LogP contribution in [0.1, 0.15) is 37.2 Å². The molecule has 0 aliphatic carbocycles. The van der Waals surface area contributed by atoms with Crippen molar-refractivity contribution < 1.29 is 4.79 Å². The van der Waals surface area contributed by atoms with Crippen LogP contribution in [0, 0.1) is 0 Å². The molecular weight excluding hydrogens is 270 g/mol. The van der Waals surface area contributed by atoms with Gasteiger partial charge in [0.25, 0.3) is 0 Å². The molecule has 1 unspecified atom stereocenters. The van der Waals surface area contributed by atoms with Crippen LogP contribution in [-0.2, 0) is 6.54 Å². The van der Waals surface area contributed by atoms with Gasteiger partial charge in [-0.05, 0) is 49.2 Å². The molecular formula is C11H16BrN3O. The lowest BCUT2D eigenvalue weighted by Crippen LogP contribution is -2.45. The maximum Gasteiger partial charge on any atom is 0.201 e. The lowest BCUT2D eigenvalue weighted by Gasteiger charge is -2.23. The Hall–Kier alpha value is -0.680. The van der Waals surface area contributed by atoms with Crippen LogP contribution in [-0.4, -0.2) is 27.6 Å². The Balaban J connectivity index is 2.36. The van der Waals surface area contributed by atoms with E-state index in [-0.39, 0.29) is 5.78 Å². The van der Waals surface area contributed by atoms with Crippen molar-refractivity contribution in [3.8, 4) is 0 Å². The molecule has 1 aromatic rings. The minimum atomic E-state index is -0.421. The molecule has 88 valence electrons. The average Bonchev–Trinajstić information content (AvgIpc) is 2.85. The highest BCUT2D eigenvalue weighted by atomic mass is 79.9. The van der Waals surface area contributed by atoms with Gasteiger partial charge in [-0.1, -0.05) is 0 Å². The van der Waals surface area contributed by atoms with Gasteiger partial charge in [0.2, 0.25) is 5.78 Å². The van der Waals surface area contributed by atoms with Gasteiger partial charge in [0.1, 0.15) is 5.69 Å². The predicted molar refractivity (Wildman–Crippen MR) is 65.6 cm³/mol. The number of ketones is 1. The van der Waals surface area contributed by atoms with Gasteiger partial charge >= 0.3 is 0 Å². The van der Waals surface area contributed by atoms with Gasteiger partial charge in [-0.25, -0.2) is 0 Å². The van der Waals surface area contributed by atoms with Crippen molar-refractivity contribution in [2.24, 2.45) is 0 Å². The van der Waals surface area contributed by atoms with E-state index in [0.717, 1.165) is 23.9 Å². The van der Waals surface area contributed by atoms with E-state index in [1.54, 1.807) is 10.9 Å². The molecule has 2 heterocycles. The van der Waals surface area contributed by atoms with E-state index in [9.17, 15) is 4.79 Å². The molecule has 1 aliphatic heterocycles. The van der Waals surface area contributed by atoms with Crippen molar-refractivity contribution >= 4 is 21.7 Å². The number of carbonyl (C=O) groups is 1. The van der Waals surface area contributed by atoms with Crippen LogP contribution in [0.2, 0.25) is 0 Å². The summed E-state index contributed by atoms with van der Waals surface area (Å²) in [5, 5.41) is 7.47. The van der Waals surface area contributed by atoms with Crippen molar-refractivity contribution in [1.29, 1.82) is 0 Å². The second kappa shape index (κ2) is 4.30. The number of halogens is 1.